The molecule has 0 fully saturated rings. The Bertz CT molecular complexity index is 398. The van der Waals surface area contributed by atoms with Crippen LogP contribution in [0.4, 0.5) is 0 Å². The molecule has 0 aliphatic carbocycles. The van der Waals surface area contributed by atoms with Crippen LogP contribution in [0.2, 0.25) is 0 Å². The van der Waals surface area contributed by atoms with Crippen molar-refractivity contribution in [3.63, 3.8) is 0 Å². The van der Waals surface area contributed by atoms with Gasteiger partial charge >= 0.3 is 0 Å². The van der Waals surface area contributed by atoms with E-state index >= 15 is 0 Å². The molecule has 0 aliphatic rings. The number of hydrogen-bond acceptors (Lipinski definition) is 4. The first kappa shape index (κ1) is 8.93. The maximum absolute atomic E-state index is 5.17. The Balaban J connectivity index is 2.31. The number of hydrogen-bond donors (Lipinski definition) is 1. The minimum Gasteiger partial charge on any atom is -0.445 e. The SMILES string of the molecule is NOCc1cccc(-c2ncco2)c1. The molecule has 4 nitrogen and oxygen atoms in total. The predicted molar refractivity (Wildman–Crippen MR) is 50.9 cm³/mol. The summed E-state index contributed by atoms with van der Waals surface area (Å²) in [6.45, 7) is 0.383. The molecule has 0 bridgehead atoms. The zero-order valence-corrected chi connectivity index (χ0v) is 7.51. The highest BCUT2D eigenvalue weighted by Gasteiger charge is 2.02. The third-order valence-electron chi connectivity index (χ3n) is 1.86. The normalized spacial score (nSPS) is 10.4. The van der Waals surface area contributed by atoms with Crippen LogP contribution in [0.3, 0.4) is 0 Å². The molecule has 1 aromatic heterocycles. The zero-order chi connectivity index (χ0) is 9.80. The van der Waals surface area contributed by atoms with Crippen LogP contribution in [0, 0.1) is 0 Å². The van der Waals surface area contributed by atoms with Crippen LogP contribution < -0.4 is 5.90 Å². The van der Waals surface area contributed by atoms with Gasteiger partial charge in [-0.05, 0) is 17.7 Å². The molecular formula is C10H10N2O2. The molecule has 0 atom stereocenters. The first-order valence-corrected chi connectivity index (χ1v) is 4.20. The summed E-state index contributed by atoms with van der Waals surface area (Å²) in [5, 5.41) is 0. The zero-order valence-electron chi connectivity index (χ0n) is 7.51. The van der Waals surface area contributed by atoms with E-state index in [4.69, 9.17) is 10.3 Å². The molecule has 0 radical (unpaired) electrons. The molecule has 0 saturated heterocycles. The van der Waals surface area contributed by atoms with Gasteiger partial charge in [-0.3, -0.25) is 4.84 Å². The fraction of sp³-hybridized carbons (Fsp3) is 0.100. The van der Waals surface area contributed by atoms with Gasteiger partial charge in [-0.15, -0.1) is 0 Å². The predicted octanol–water partition coefficient (Wildman–Crippen LogP) is 1.73. The van der Waals surface area contributed by atoms with Gasteiger partial charge in [0, 0.05) is 5.56 Å². The lowest BCUT2D eigenvalue weighted by atomic mass is 10.1. The molecule has 1 aromatic carbocycles. The lowest BCUT2D eigenvalue weighted by Gasteiger charge is -2.00. The second-order valence-corrected chi connectivity index (χ2v) is 2.85. The molecule has 2 N–H and O–H groups in total. The Hall–Kier alpha value is -1.65. The van der Waals surface area contributed by atoms with E-state index in [1.54, 1.807) is 12.5 Å². The van der Waals surface area contributed by atoms with Crippen LogP contribution in [-0.2, 0) is 11.4 Å². The first-order chi connectivity index (χ1) is 6.90. The van der Waals surface area contributed by atoms with E-state index in [0.29, 0.717) is 12.5 Å². The number of nitrogens with zero attached hydrogens (tertiary/aromatic N) is 1. The molecule has 2 aromatic rings. The number of rotatable bonds is 3. The monoisotopic (exact) mass is 190 g/mol. The summed E-state index contributed by atoms with van der Waals surface area (Å²) in [5.74, 6) is 5.59. The van der Waals surface area contributed by atoms with Gasteiger partial charge in [-0.1, -0.05) is 12.1 Å². The van der Waals surface area contributed by atoms with Crippen molar-refractivity contribution in [1.82, 2.24) is 4.98 Å². The van der Waals surface area contributed by atoms with E-state index in [0.717, 1.165) is 11.1 Å². The van der Waals surface area contributed by atoms with Crippen molar-refractivity contribution in [2.24, 2.45) is 5.90 Å². The second-order valence-electron chi connectivity index (χ2n) is 2.85. The van der Waals surface area contributed by atoms with E-state index in [9.17, 15) is 0 Å². The average molecular weight is 190 g/mol. The van der Waals surface area contributed by atoms with Crippen molar-refractivity contribution in [2.75, 3.05) is 0 Å². The summed E-state index contributed by atoms with van der Waals surface area (Å²) in [7, 11) is 0. The third-order valence-corrected chi connectivity index (χ3v) is 1.86. The van der Waals surface area contributed by atoms with Gasteiger partial charge in [-0.2, -0.15) is 0 Å². The molecule has 0 aliphatic heterocycles. The lowest BCUT2D eigenvalue weighted by Crippen LogP contribution is -1.98. The Labute approximate surface area is 81.3 Å². The van der Waals surface area contributed by atoms with Crippen molar-refractivity contribution in [3.05, 3.63) is 42.3 Å². The molecule has 0 spiro atoms. The van der Waals surface area contributed by atoms with Crippen LogP contribution in [0.15, 0.2) is 41.1 Å². The van der Waals surface area contributed by atoms with Gasteiger partial charge in [0.2, 0.25) is 5.89 Å². The van der Waals surface area contributed by atoms with E-state index in [1.807, 2.05) is 24.3 Å². The molecule has 4 heteroatoms. The van der Waals surface area contributed by atoms with Crippen LogP contribution in [0.5, 0.6) is 0 Å². The Morgan fingerprint density at radius 1 is 1.43 bits per heavy atom. The summed E-state index contributed by atoms with van der Waals surface area (Å²) < 4.78 is 5.17. The standard InChI is InChI=1S/C10H10N2O2/c11-14-7-8-2-1-3-9(6-8)10-12-4-5-13-10/h1-6H,7,11H2. The Kier molecular flexibility index (Phi) is 2.58. The fourth-order valence-corrected chi connectivity index (χ4v) is 1.26. The van der Waals surface area contributed by atoms with Gasteiger partial charge in [0.25, 0.3) is 0 Å². The number of nitrogens with two attached hydrogens (primary N) is 1. The van der Waals surface area contributed by atoms with Crippen LogP contribution >= 0.6 is 0 Å². The summed E-state index contributed by atoms with van der Waals surface area (Å²) in [6.07, 6.45) is 3.16. The van der Waals surface area contributed by atoms with E-state index in [1.165, 1.54) is 0 Å². The smallest absolute Gasteiger partial charge is 0.225 e. The maximum Gasteiger partial charge on any atom is 0.225 e. The average Bonchev–Trinajstić information content (AvgIpc) is 2.71. The minimum absolute atomic E-state index is 0.383. The molecule has 14 heavy (non-hydrogen) atoms. The van der Waals surface area contributed by atoms with Gasteiger partial charge in [-0.25, -0.2) is 10.9 Å². The van der Waals surface area contributed by atoms with Crippen molar-refractivity contribution in [1.29, 1.82) is 0 Å². The highest BCUT2D eigenvalue weighted by atomic mass is 16.6. The quantitative estimate of drug-likeness (QED) is 0.749. The van der Waals surface area contributed by atoms with Gasteiger partial charge in [0.1, 0.15) is 6.26 Å². The lowest BCUT2D eigenvalue weighted by molar-refractivity contribution is 0.124. The number of oxazole rings is 1. The molecule has 0 saturated carbocycles. The number of aromatic nitrogens is 1. The van der Waals surface area contributed by atoms with Gasteiger partial charge < -0.3 is 4.42 Å². The van der Waals surface area contributed by atoms with Crippen LogP contribution in [-0.4, -0.2) is 4.98 Å². The third kappa shape index (κ3) is 1.81. The van der Waals surface area contributed by atoms with Crippen molar-refractivity contribution >= 4 is 0 Å². The summed E-state index contributed by atoms with van der Waals surface area (Å²) in [4.78, 5) is 8.60. The van der Waals surface area contributed by atoms with Crippen molar-refractivity contribution in [2.45, 2.75) is 6.61 Å². The summed E-state index contributed by atoms with van der Waals surface area (Å²) >= 11 is 0. The molecule has 2 rings (SSSR count). The molecule has 1 heterocycles. The fourth-order valence-electron chi connectivity index (χ4n) is 1.26. The maximum atomic E-state index is 5.17. The topological polar surface area (TPSA) is 61.3 Å². The molecular weight excluding hydrogens is 180 g/mol. The highest BCUT2D eigenvalue weighted by Crippen LogP contribution is 2.18. The van der Waals surface area contributed by atoms with Crippen molar-refractivity contribution in [3.8, 4) is 11.5 Å². The van der Waals surface area contributed by atoms with Crippen molar-refractivity contribution < 1.29 is 9.25 Å². The second kappa shape index (κ2) is 4.04. The van der Waals surface area contributed by atoms with Gasteiger partial charge in [0.15, 0.2) is 0 Å². The van der Waals surface area contributed by atoms with Gasteiger partial charge in [0.05, 0.1) is 12.8 Å². The largest absolute Gasteiger partial charge is 0.445 e. The summed E-state index contributed by atoms with van der Waals surface area (Å²) in [6, 6.07) is 7.69. The highest BCUT2D eigenvalue weighted by molar-refractivity contribution is 5.53. The molecule has 0 amide bonds. The summed E-state index contributed by atoms with van der Waals surface area (Å²) in [5.41, 5.74) is 1.91. The van der Waals surface area contributed by atoms with E-state index in [-0.39, 0.29) is 0 Å². The molecule has 0 unspecified atom stereocenters. The number of benzene rings is 1. The van der Waals surface area contributed by atoms with Crippen LogP contribution in [0.25, 0.3) is 11.5 Å². The van der Waals surface area contributed by atoms with E-state index in [2.05, 4.69) is 9.82 Å². The van der Waals surface area contributed by atoms with E-state index < -0.39 is 0 Å². The van der Waals surface area contributed by atoms with Crippen LogP contribution in [0.1, 0.15) is 5.56 Å². The first-order valence-electron chi connectivity index (χ1n) is 4.20. The Morgan fingerprint density at radius 2 is 2.36 bits per heavy atom. The molecule has 72 valence electrons. The minimum atomic E-state index is 0.383. The Morgan fingerprint density at radius 3 is 3.07 bits per heavy atom.